The number of ether oxygens (including phenoxy) is 1. The van der Waals surface area contributed by atoms with E-state index >= 15 is 0 Å². The van der Waals surface area contributed by atoms with Crippen molar-refractivity contribution >= 4 is 17.3 Å². The fourth-order valence-corrected chi connectivity index (χ4v) is 3.02. The van der Waals surface area contributed by atoms with Crippen LogP contribution < -0.4 is 32.7 Å². The number of nitrogens with zero attached hydrogens (tertiary/aromatic N) is 3. The fourth-order valence-electron chi connectivity index (χ4n) is 3.02. The monoisotopic (exact) mass is 439 g/mol. The van der Waals surface area contributed by atoms with Gasteiger partial charge in [-0.2, -0.15) is 5.10 Å². The van der Waals surface area contributed by atoms with Crippen LogP contribution in [-0.4, -0.2) is 22.0 Å². The number of halogens is 1. The second kappa shape index (κ2) is 10.9. The summed E-state index contributed by atoms with van der Waals surface area (Å²) in [4.78, 5) is 17.2. The molecule has 9 nitrogen and oxygen atoms in total. The zero-order valence-corrected chi connectivity index (χ0v) is 17.7. The smallest absolute Gasteiger partial charge is 0.298 e. The van der Waals surface area contributed by atoms with Crippen LogP contribution in [-0.2, 0) is 6.42 Å². The first-order valence-corrected chi connectivity index (χ1v) is 10.2. The predicted octanol–water partition coefficient (Wildman–Crippen LogP) is 2.57. The van der Waals surface area contributed by atoms with Gasteiger partial charge in [0.25, 0.3) is 5.56 Å². The first kappa shape index (κ1) is 22.8. The van der Waals surface area contributed by atoms with E-state index in [0.717, 1.165) is 12.0 Å². The number of benzene rings is 2. The number of hydrazine groups is 1. The van der Waals surface area contributed by atoms with E-state index in [1.807, 2.05) is 31.2 Å². The highest BCUT2D eigenvalue weighted by Crippen LogP contribution is 2.27. The molecule has 0 bridgehead atoms. The van der Waals surface area contributed by atoms with Gasteiger partial charge in [0, 0.05) is 30.6 Å². The van der Waals surface area contributed by atoms with Gasteiger partial charge in [-0.25, -0.2) is 15.2 Å². The van der Waals surface area contributed by atoms with Crippen molar-refractivity contribution in [2.45, 2.75) is 26.2 Å². The minimum absolute atomic E-state index is 0.0994. The number of hydrogen-bond acceptors (Lipinski definition) is 7. The molecule has 2 aromatic carbocycles. The molecule has 0 saturated carbocycles. The Morgan fingerprint density at radius 2 is 2.03 bits per heavy atom. The third-order valence-electron chi connectivity index (χ3n) is 4.69. The van der Waals surface area contributed by atoms with E-state index < -0.39 is 5.82 Å². The van der Waals surface area contributed by atoms with Crippen molar-refractivity contribution in [3.63, 3.8) is 0 Å². The number of nitrogens with one attached hydrogen (secondary N) is 2. The minimum Gasteiger partial charge on any atom is -0.491 e. The van der Waals surface area contributed by atoms with Crippen LogP contribution in [0.5, 0.6) is 5.75 Å². The number of rotatable bonds is 9. The SMILES string of the molecule is CCCOc1cc(F)ccc1Nc1nccn(-c2ccc(CC/C(=N/N)NN)cc2)c1=O. The molecule has 0 unspecified atom stereocenters. The third kappa shape index (κ3) is 5.61. The molecule has 3 rings (SSSR count). The van der Waals surface area contributed by atoms with Crippen LogP contribution in [0, 0.1) is 5.82 Å². The number of anilines is 2. The van der Waals surface area contributed by atoms with Crippen molar-refractivity contribution in [3.8, 4) is 11.4 Å². The van der Waals surface area contributed by atoms with Crippen molar-refractivity contribution < 1.29 is 9.13 Å². The van der Waals surface area contributed by atoms with E-state index in [1.165, 1.54) is 29.0 Å². The number of hydrazone groups is 1. The van der Waals surface area contributed by atoms with Crippen LogP contribution >= 0.6 is 0 Å². The molecule has 0 radical (unpaired) electrons. The lowest BCUT2D eigenvalue weighted by Crippen LogP contribution is -2.31. The Balaban J connectivity index is 1.81. The van der Waals surface area contributed by atoms with E-state index in [-0.39, 0.29) is 11.4 Å². The summed E-state index contributed by atoms with van der Waals surface area (Å²) in [7, 11) is 0. The molecule has 0 atom stereocenters. The van der Waals surface area contributed by atoms with E-state index in [1.54, 1.807) is 6.20 Å². The number of nitrogens with two attached hydrogens (primary N) is 2. The highest BCUT2D eigenvalue weighted by molar-refractivity contribution is 5.81. The van der Waals surface area contributed by atoms with Gasteiger partial charge in [0.05, 0.1) is 12.3 Å². The van der Waals surface area contributed by atoms with Gasteiger partial charge in [0.2, 0.25) is 0 Å². The number of hydrogen-bond donors (Lipinski definition) is 4. The van der Waals surface area contributed by atoms with Crippen LogP contribution in [0.1, 0.15) is 25.3 Å². The number of aryl methyl sites for hydroxylation is 1. The summed E-state index contributed by atoms with van der Waals surface area (Å²) >= 11 is 0. The molecular weight excluding hydrogens is 413 g/mol. The molecule has 168 valence electrons. The summed E-state index contributed by atoms with van der Waals surface area (Å²) in [5.74, 6) is 11.1. The van der Waals surface area contributed by atoms with Gasteiger partial charge in [-0.1, -0.05) is 19.1 Å². The summed E-state index contributed by atoms with van der Waals surface area (Å²) < 4.78 is 20.7. The minimum atomic E-state index is -0.424. The van der Waals surface area contributed by atoms with Crippen LogP contribution in [0.15, 0.2) is 64.8 Å². The highest BCUT2D eigenvalue weighted by atomic mass is 19.1. The molecule has 0 amide bonds. The summed E-state index contributed by atoms with van der Waals surface area (Å²) in [6.07, 6.45) is 5.12. The lowest BCUT2D eigenvalue weighted by Gasteiger charge is -2.13. The maximum absolute atomic E-state index is 13.6. The number of aromatic nitrogens is 2. The molecule has 10 heteroatoms. The van der Waals surface area contributed by atoms with Gasteiger partial charge in [0.1, 0.15) is 17.4 Å². The van der Waals surface area contributed by atoms with Crippen molar-refractivity contribution in [1.29, 1.82) is 0 Å². The second-order valence-corrected chi connectivity index (χ2v) is 6.95. The zero-order chi connectivity index (χ0) is 22.9. The molecule has 0 fully saturated rings. The van der Waals surface area contributed by atoms with Gasteiger partial charge in [-0.3, -0.25) is 9.36 Å². The zero-order valence-electron chi connectivity index (χ0n) is 17.7. The summed E-state index contributed by atoms with van der Waals surface area (Å²) in [6, 6.07) is 11.6. The Kier molecular flexibility index (Phi) is 7.76. The molecule has 0 aliphatic rings. The van der Waals surface area contributed by atoms with Gasteiger partial charge >= 0.3 is 0 Å². The van der Waals surface area contributed by atoms with E-state index in [4.69, 9.17) is 16.4 Å². The molecule has 0 aliphatic heterocycles. The Bertz CT molecular complexity index is 1130. The third-order valence-corrected chi connectivity index (χ3v) is 4.69. The molecule has 0 aliphatic carbocycles. The predicted molar refractivity (Wildman–Crippen MR) is 123 cm³/mol. The van der Waals surface area contributed by atoms with E-state index in [0.29, 0.717) is 42.4 Å². The number of amidine groups is 1. The first-order valence-electron chi connectivity index (χ1n) is 10.2. The summed E-state index contributed by atoms with van der Waals surface area (Å²) in [6.45, 7) is 2.38. The largest absolute Gasteiger partial charge is 0.491 e. The maximum Gasteiger partial charge on any atom is 0.298 e. The standard InChI is InChI=1S/C22H26FN7O2/c1-2-13-32-19-14-16(23)6-9-18(19)27-21-22(31)30(12-11-26-21)17-7-3-15(4-8-17)5-10-20(28-24)29-25/h3-4,6-9,11-12,14H,2,5,10,13,24-25H2,1H3,(H,26,27)(H,28,29). The summed E-state index contributed by atoms with van der Waals surface area (Å²) in [5, 5.41) is 6.53. The molecule has 6 N–H and O–H groups in total. The maximum atomic E-state index is 13.6. The fraction of sp³-hybridized carbons (Fsp3) is 0.227. The molecular formula is C22H26FN7O2. The molecule has 1 aromatic heterocycles. The van der Waals surface area contributed by atoms with Crippen LogP contribution in [0.3, 0.4) is 0 Å². The molecule has 0 spiro atoms. The van der Waals surface area contributed by atoms with Crippen molar-refractivity contribution in [2.24, 2.45) is 16.8 Å². The van der Waals surface area contributed by atoms with Crippen molar-refractivity contribution in [3.05, 3.63) is 76.6 Å². The average Bonchev–Trinajstić information content (AvgIpc) is 2.81. The van der Waals surface area contributed by atoms with Crippen LogP contribution in [0.25, 0.3) is 5.69 Å². The van der Waals surface area contributed by atoms with Gasteiger partial charge in [-0.15, -0.1) is 0 Å². The summed E-state index contributed by atoms with van der Waals surface area (Å²) in [5.41, 5.74) is 4.27. The first-order chi connectivity index (χ1) is 15.5. The average molecular weight is 439 g/mol. The topological polar surface area (TPSA) is 133 Å². The van der Waals surface area contributed by atoms with Gasteiger partial charge in [0.15, 0.2) is 5.82 Å². The van der Waals surface area contributed by atoms with E-state index in [2.05, 4.69) is 20.8 Å². The van der Waals surface area contributed by atoms with Gasteiger partial charge in [-0.05, 0) is 42.7 Å². The van der Waals surface area contributed by atoms with Crippen molar-refractivity contribution in [1.82, 2.24) is 15.0 Å². The quantitative estimate of drug-likeness (QED) is 0.174. The van der Waals surface area contributed by atoms with Crippen molar-refractivity contribution in [2.75, 3.05) is 11.9 Å². The molecule has 1 heterocycles. The van der Waals surface area contributed by atoms with Gasteiger partial charge < -0.3 is 21.3 Å². The Hall–Kier alpha value is -3.92. The Labute approximate surface area is 184 Å². The molecule has 0 saturated heterocycles. The van der Waals surface area contributed by atoms with Crippen LogP contribution in [0.2, 0.25) is 0 Å². The van der Waals surface area contributed by atoms with Crippen LogP contribution in [0.4, 0.5) is 15.9 Å². The lowest BCUT2D eigenvalue weighted by molar-refractivity contribution is 0.317. The molecule has 3 aromatic rings. The molecule has 32 heavy (non-hydrogen) atoms. The Morgan fingerprint density at radius 3 is 2.72 bits per heavy atom. The lowest BCUT2D eigenvalue weighted by atomic mass is 10.1. The highest BCUT2D eigenvalue weighted by Gasteiger charge is 2.11. The normalized spacial score (nSPS) is 11.3. The second-order valence-electron chi connectivity index (χ2n) is 6.95. The van der Waals surface area contributed by atoms with E-state index in [9.17, 15) is 9.18 Å². The Morgan fingerprint density at radius 1 is 1.25 bits per heavy atom.